The SMILES string of the molecule is CNCc1cc(S(=O)(=O)NCc2cn[nH]c2)c[nH]1. The van der Waals surface area contributed by atoms with Gasteiger partial charge in [0.2, 0.25) is 10.0 Å². The van der Waals surface area contributed by atoms with E-state index >= 15 is 0 Å². The predicted octanol–water partition coefficient (Wildman–Crippen LogP) is -0.0643. The minimum Gasteiger partial charge on any atom is -0.363 e. The van der Waals surface area contributed by atoms with Crippen molar-refractivity contribution < 1.29 is 8.42 Å². The fraction of sp³-hybridized carbons (Fsp3) is 0.300. The molecule has 0 bridgehead atoms. The van der Waals surface area contributed by atoms with Gasteiger partial charge in [-0.2, -0.15) is 5.10 Å². The summed E-state index contributed by atoms with van der Waals surface area (Å²) in [6.45, 7) is 0.808. The Morgan fingerprint density at radius 1 is 1.33 bits per heavy atom. The van der Waals surface area contributed by atoms with E-state index in [1.54, 1.807) is 25.5 Å². The number of aromatic amines is 2. The molecule has 0 fully saturated rings. The Kier molecular flexibility index (Phi) is 3.80. The van der Waals surface area contributed by atoms with Crippen LogP contribution in [0.2, 0.25) is 0 Å². The molecule has 2 aromatic rings. The molecule has 0 aliphatic rings. The zero-order valence-electron chi connectivity index (χ0n) is 9.90. The van der Waals surface area contributed by atoms with Crippen LogP contribution in [0.4, 0.5) is 0 Å². The minimum atomic E-state index is -3.48. The van der Waals surface area contributed by atoms with E-state index in [1.807, 2.05) is 0 Å². The molecule has 8 heteroatoms. The normalized spacial score (nSPS) is 11.8. The van der Waals surface area contributed by atoms with Crippen LogP contribution in [0.25, 0.3) is 0 Å². The van der Waals surface area contributed by atoms with Gasteiger partial charge in [0.1, 0.15) is 0 Å². The summed E-state index contributed by atoms with van der Waals surface area (Å²) in [4.78, 5) is 3.14. The van der Waals surface area contributed by atoms with Crippen molar-refractivity contribution in [3.8, 4) is 0 Å². The van der Waals surface area contributed by atoms with Gasteiger partial charge in [0, 0.05) is 36.7 Å². The van der Waals surface area contributed by atoms with Gasteiger partial charge in [-0.15, -0.1) is 0 Å². The number of aromatic nitrogens is 3. The summed E-state index contributed by atoms with van der Waals surface area (Å²) in [5, 5.41) is 9.32. The van der Waals surface area contributed by atoms with Gasteiger partial charge in [0.05, 0.1) is 11.1 Å². The zero-order valence-corrected chi connectivity index (χ0v) is 10.7. The van der Waals surface area contributed by atoms with Crippen molar-refractivity contribution in [2.75, 3.05) is 7.05 Å². The van der Waals surface area contributed by atoms with E-state index in [9.17, 15) is 8.42 Å². The van der Waals surface area contributed by atoms with Gasteiger partial charge in [0.15, 0.2) is 0 Å². The van der Waals surface area contributed by atoms with Gasteiger partial charge >= 0.3 is 0 Å². The molecule has 0 saturated heterocycles. The first-order valence-corrected chi connectivity index (χ1v) is 6.89. The van der Waals surface area contributed by atoms with Crippen LogP contribution in [-0.2, 0) is 23.1 Å². The molecule has 0 spiro atoms. The van der Waals surface area contributed by atoms with Crippen molar-refractivity contribution in [3.05, 3.63) is 35.9 Å². The van der Waals surface area contributed by atoms with Crippen molar-refractivity contribution in [1.82, 2.24) is 25.2 Å². The zero-order chi connectivity index (χ0) is 13.0. The minimum absolute atomic E-state index is 0.214. The van der Waals surface area contributed by atoms with E-state index in [-0.39, 0.29) is 11.4 Å². The second-order valence-corrected chi connectivity index (χ2v) is 5.59. The van der Waals surface area contributed by atoms with E-state index in [1.165, 1.54) is 6.20 Å². The Balaban J connectivity index is 2.05. The van der Waals surface area contributed by atoms with Crippen LogP contribution in [0.15, 0.2) is 29.6 Å². The third kappa shape index (κ3) is 2.97. The quantitative estimate of drug-likeness (QED) is 0.589. The molecular weight excluding hydrogens is 254 g/mol. The number of nitrogens with one attached hydrogen (secondary N) is 4. The lowest BCUT2D eigenvalue weighted by Crippen LogP contribution is -2.22. The number of H-pyrrole nitrogens is 2. The summed E-state index contributed by atoms with van der Waals surface area (Å²) in [5.74, 6) is 0. The average molecular weight is 269 g/mol. The molecule has 0 aliphatic carbocycles. The fourth-order valence-corrected chi connectivity index (χ4v) is 2.54. The highest BCUT2D eigenvalue weighted by molar-refractivity contribution is 7.89. The van der Waals surface area contributed by atoms with Crippen LogP contribution in [-0.4, -0.2) is 30.6 Å². The maximum absolute atomic E-state index is 12.0. The van der Waals surface area contributed by atoms with Gasteiger partial charge in [-0.05, 0) is 13.1 Å². The lowest BCUT2D eigenvalue weighted by molar-refractivity contribution is 0.581. The lowest BCUT2D eigenvalue weighted by atomic mass is 10.4. The van der Waals surface area contributed by atoms with Crippen molar-refractivity contribution in [2.45, 2.75) is 18.0 Å². The van der Waals surface area contributed by atoms with Crippen molar-refractivity contribution in [2.24, 2.45) is 0 Å². The first-order chi connectivity index (χ1) is 8.62. The van der Waals surface area contributed by atoms with E-state index in [4.69, 9.17) is 0 Å². The summed E-state index contributed by atoms with van der Waals surface area (Å²) in [7, 11) is -1.69. The second-order valence-electron chi connectivity index (χ2n) is 3.82. The van der Waals surface area contributed by atoms with E-state index in [2.05, 4.69) is 25.2 Å². The maximum atomic E-state index is 12.0. The van der Waals surface area contributed by atoms with Crippen LogP contribution in [0, 0.1) is 0 Å². The highest BCUT2D eigenvalue weighted by Crippen LogP contribution is 2.11. The first kappa shape index (κ1) is 12.8. The molecular formula is C10H15N5O2S. The number of hydrogen-bond acceptors (Lipinski definition) is 4. The monoisotopic (exact) mass is 269 g/mol. The van der Waals surface area contributed by atoms with Crippen molar-refractivity contribution in [1.29, 1.82) is 0 Å². The molecule has 7 nitrogen and oxygen atoms in total. The smallest absolute Gasteiger partial charge is 0.242 e. The summed E-state index contributed by atoms with van der Waals surface area (Å²) in [6.07, 6.45) is 4.70. The molecule has 2 heterocycles. The molecule has 0 saturated carbocycles. The first-order valence-electron chi connectivity index (χ1n) is 5.41. The number of hydrogen-bond donors (Lipinski definition) is 4. The van der Waals surface area contributed by atoms with Crippen LogP contribution < -0.4 is 10.0 Å². The second kappa shape index (κ2) is 5.34. The van der Waals surface area contributed by atoms with E-state index in [0.717, 1.165) is 11.3 Å². The Bertz CT molecular complexity index is 588. The molecule has 2 rings (SSSR count). The fourth-order valence-electron chi connectivity index (χ4n) is 1.50. The molecule has 4 N–H and O–H groups in total. The molecule has 98 valence electrons. The van der Waals surface area contributed by atoms with Crippen LogP contribution in [0.3, 0.4) is 0 Å². The number of nitrogens with zero attached hydrogens (tertiary/aromatic N) is 1. The Morgan fingerprint density at radius 3 is 2.83 bits per heavy atom. The Labute approximate surface area is 105 Å². The predicted molar refractivity (Wildman–Crippen MR) is 66.2 cm³/mol. The van der Waals surface area contributed by atoms with Gasteiger partial charge in [-0.3, -0.25) is 5.10 Å². The molecule has 0 aliphatic heterocycles. The Morgan fingerprint density at radius 2 is 2.17 bits per heavy atom. The topological polar surface area (TPSA) is 103 Å². The summed E-state index contributed by atoms with van der Waals surface area (Å²) in [5.41, 5.74) is 1.60. The van der Waals surface area contributed by atoms with E-state index < -0.39 is 10.0 Å². The van der Waals surface area contributed by atoms with Gasteiger partial charge in [-0.25, -0.2) is 13.1 Å². The average Bonchev–Trinajstić information content (AvgIpc) is 2.98. The van der Waals surface area contributed by atoms with Crippen molar-refractivity contribution in [3.63, 3.8) is 0 Å². The van der Waals surface area contributed by atoms with Crippen LogP contribution in [0.1, 0.15) is 11.3 Å². The molecule has 0 aromatic carbocycles. The largest absolute Gasteiger partial charge is 0.363 e. The summed E-state index contributed by atoms with van der Waals surface area (Å²) in [6, 6.07) is 1.61. The lowest BCUT2D eigenvalue weighted by Gasteiger charge is -2.02. The molecule has 18 heavy (non-hydrogen) atoms. The molecule has 0 amide bonds. The number of rotatable bonds is 6. The highest BCUT2D eigenvalue weighted by Gasteiger charge is 2.15. The third-order valence-electron chi connectivity index (χ3n) is 2.42. The van der Waals surface area contributed by atoms with E-state index in [0.29, 0.717) is 6.54 Å². The third-order valence-corrected chi connectivity index (χ3v) is 3.80. The van der Waals surface area contributed by atoms with Crippen molar-refractivity contribution >= 4 is 10.0 Å². The molecule has 0 unspecified atom stereocenters. The van der Waals surface area contributed by atoms with Crippen LogP contribution in [0.5, 0.6) is 0 Å². The summed E-state index contributed by atoms with van der Waals surface area (Å²) < 4.78 is 26.4. The maximum Gasteiger partial charge on any atom is 0.242 e. The summed E-state index contributed by atoms with van der Waals surface area (Å²) >= 11 is 0. The number of sulfonamides is 1. The molecule has 0 atom stereocenters. The van der Waals surface area contributed by atoms with Gasteiger partial charge in [-0.1, -0.05) is 0 Å². The Hall–Kier alpha value is -1.64. The van der Waals surface area contributed by atoms with Gasteiger partial charge in [0.25, 0.3) is 0 Å². The highest BCUT2D eigenvalue weighted by atomic mass is 32.2. The van der Waals surface area contributed by atoms with Gasteiger partial charge < -0.3 is 10.3 Å². The van der Waals surface area contributed by atoms with Crippen LogP contribution >= 0.6 is 0 Å². The molecule has 2 aromatic heterocycles. The standard InChI is InChI=1S/C10H15N5O2S/c1-11-6-9-2-10(7-12-9)18(16,17)15-5-8-3-13-14-4-8/h2-4,7,11-12,15H,5-6H2,1H3,(H,13,14). The molecule has 0 radical (unpaired) electrons.